The van der Waals surface area contributed by atoms with Crippen LogP contribution in [0.3, 0.4) is 0 Å². The summed E-state index contributed by atoms with van der Waals surface area (Å²) in [7, 11) is 0. The lowest BCUT2D eigenvalue weighted by Gasteiger charge is -2.06. The van der Waals surface area contributed by atoms with Crippen molar-refractivity contribution in [2.75, 3.05) is 6.61 Å². The standard InChI is InChI=1S/C19H12Br2N2O3/c1-2-7-25-16-5-3-15(21)9-13(16)11-22-23-19(24)18-10-12-8-14(20)4-6-17(12)26-18/h1,3-6,8-11H,7H2,(H,23,24)/b22-11-. The van der Waals surface area contributed by atoms with Gasteiger partial charge < -0.3 is 9.15 Å². The number of halogens is 2. The molecule has 0 bridgehead atoms. The van der Waals surface area contributed by atoms with E-state index in [1.807, 2.05) is 18.2 Å². The van der Waals surface area contributed by atoms with Crippen LogP contribution in [0.4, 0.5) is 0 Å². The summed E-state index contributed by atoms with van der Waals surface area (Å²) in [4.78, 5) is 12.2. The van der Waals surface area contributed by atoms with Crippen LogP contribution in [0.25, 0.3) is 11.0 Å². The molecule has 0 saturated heterocycles. The van der Waals surface area contributed by atoms with Gasteiger partial charge in [0.05, 0.1) is 6.21 Å². The molecule has 0 fully saturated rings. The summed E-state index contributed by atoms with van der Waals surface area (Å²) < 4.78 is 12.7. The number of hydrogen-bond donors (Lipinski definition) is 1. The number of ether oxygens (including phenoxy) is 1. The van der Waals surface area contributed by atoms with E-state index in [9.17, 15) is 4.79 Å². The van der Waals surface area contributed by atoms with Crippen molar-refractivity contribution in [3.05, 3.63) is 62.7 Å². The Kier molecular flexibility index (Phi) is 5.76. The quantitative estimate of drug-likeness (QED) is 0.329. The summed E-state index contributed by atoms with van der Waals surface area (Å²) in [6.45, 7) is 0.142. The molecule has 3 aromatic rings. The third-order valence-electron chi connectivity index (χ3n) is 3.35. The van der Waals surface area contributed by atoms with Crippen LogP contribution in [0.2, 0.25) is 0 Å². The zero-order chi connectivity index (χ0) is 18.5. The number of hydrogen-bond acceptors (Lipinski definition) is 4. The highest BCUT2D eigenvalue weighted by Gasteiger charge is 2.12. The second kappa shape index (κ2) is 8.21. The molecular weight excluding hydrogens is 464 g/mol. The molecule has 0 atom stereocenters. The number of rotatable bonds is 5. The summed E-state index contributed by atoms with van der Waals surface area (Å²) >= 11 is 6.77. The van der Waals surface area contributed by atoms with Crippen LogP contribution in [0, 0.1) is 12.3 Å². The summed E-state index contributed by atoms with van der Waals surface area (Å²) in [5.74, 6) is 2.70. The zero-order valence-corrected chi connectivity index (χ0v) is 16.5. The second-order valence-electron chi connectivity index (χ2n) is 5.17. The van der Waals surface area contributed by atoms with Gasteiger partial charge in [0.1, 0.15) is 17.9 Å². The molecule has 0 aliphatic rings. The minimum Gasteiger partial charge on any atom is -0.480 e. The van der Waals surface area contributed by atoms with Crippen LogP contribution >= 0.6 is 31.9 Å². The fraction of sp³-hybridized carbons (Fsp3) is 0.0526. The van der Waals surface area contributed by atoms with Crippen LogP contribution in [-0.2, 0) is 0 Å². The Labute approximate surface area is 166 Å². The Morgan fingerprint density at radius 2 is 2.00 bits per heavy atom. The molecule has 1 aromatic heterocycles. The van der Waals surface area contributed by atoms with Crippen molar-refractivity contribution in [2.24, 2.45) is 5.10 Å². The molecule has 1 heterocycles. The van der Waals surface area contributed by atoms with Gasteiger partial charge in [-0.15, -0.1) is 6.42 Å². The smallest absolute Gasteiger partial charge is 0.307 e. The van der Waals surface area contributed by atoms with Gasteiger partial charge in [-0.3, -0.25) is 4.79 Å². The lowest BCUT2D eigenvalue weighted by molar-refractivity contribution is 0.0929. The van der Waals surface area contributed by atoms with Crippen molar-refractivity contribution in [1.82, 2.24) is 5.43 Å². The first-order valence-corrected chi connectivity index (χ1v) is 9.04. The predicted octanol–water partition coefficient (Wildman–Crippen LogP) is 4.73. The lowest BCUT2D eigenvalue weighted by atomic mass is 10.2. The Balaban J connectivity index is 1.74. The van der Waals surface area contributed by atoms with Crippen molar-refractivity contribution in [3.8, 4) is 18.1 Å². The minimum atomic E-state index is -0.449. The van der Waals surface area contributed by atoms with Crippen molar-refractivity contribution in [3.63, 3.8) is 0 Å². The summed E-state index contributed by atoms with van der Waals surface area (Å²) in [5, 5.41) is 4.79. The number of terminal acetylenes is 1. The van der Waals surface area contributed by atoms with Gasteiger partial charge in [0, 0.05) is 19.9 Å². The van der Waals surface area contributed by atoms with Gasteiger partial charge in [-0.2, -0.15) is 5.10 Å². The molecule has 130 valence electrons. The number of furan rings is 1. The molecule has 0 aliphatic heterocycles. The van der Waals surface area contributed by atoms with E-state index < -0.39 is 5.91 Å². The molecule has 5 nitrogen and oxygen atoms in total. The molecule has 3 rings (SSSR count). The number of nitrogens with one attached hydrogen (secondary N) is 1. The number of carbonyl (C=O) groups excluding carboxylic acids is 1. The first kappa shape index (κ1) is 18.2. The monoisotopic (exact) mass is 474 g/mol. The first-order valence-electron chi connectivity index (χ1n) is 7.45. The third-order valence-corrected chi connectivity index (χ3v) is 4.34. The van der Waals surface area contributed by atoms with E-state index in [1.165, 1.54) is 6.21 Å². The van der Waals surface area contributed by atoms with Crippen molar-refractivity contribution in [1.29, 1.82) is 0 Å². The Morgan fingerprint density at radius 1 is 1.23 bits per heavy atom. The maximum atomic E-state index is 12.2. The topological polar surface area (TPSA) is 63.8 Å². The highest BCUT2D eigenvalue weighted by atomic mass is 79.9. The van der Waals surface area contributed by atoms with Gasteiger partial charge in [0.2, 0.25) is 0 Å². The number of hydrazone groups is 1. The fourth-order valence-corrected chi connectivity index (χ4v) is 2.97. The van der Waals surface area contributed by atoms with E-state index in [2.05, 4.69) is 48.3 Å². The molecular formula is C19H12Br2N2O3. The molecule has 0 unspecified atom stereocenters. The first-order chi connectivity index (χ1) is 12.6. The fourth-order valence-electron chi connectivity index (χ4n) is 2.21. The molecule has 0 radical (unpaired) electrons. The number of benzene rings is 2. The average Bonchev–Trinajstić information content (AvgIpc) is 3.04. The van der Waals surface area contributed by atoms with Crippen LogP contribution < -0.4 is 10.2 Å². The average molecular weight is 476 g/mol. The van der Waals surface area contributed by atoms with E-state index in [0.29, 0.717) is 16.9 Å². The Bertz CT molecular complexity index is 1030. The van der Waals surface area contributed by atoms with Gasteiger partial charge in [-0.1, -0.05) is 37.8 Å². The third kappa shape index (κ3) is 4.34. The number of nitrogens with zero attached hydrogens (tertiary/aromatic N) is 1. The van der Waals surface area contributed by atoms with E-state index in [4.69, 9.17) is 15.6 Å². The normalized spacial score (nSPS) is 10.8. The van der Waals surface area contributed by atoms with E-state index in [1.54, 1.807) is 24.3 Å². The van der Waals surface area contributed by atoms with Crippen LogP contribution in [0.5, 0.6) is 5.75 Å². The van der Waals surface area contributed by atoms with Crippen LogP contribution in [0.15, 0.2) is 60.9 Å². The van der Waals surface area contributed by atoms with Gasteiger partial charge >= 0.3 is 5.91 Å². The molecule has 0 aliphatic carbocycles. The van der Waals surface area contributed by atoms with Gasteiger partial charge in [-0.25, -0.2) is 5.43 Å². The molecule has 7 heteroatoms. The number of carbonyl (C=O) groups is 1. The molecule has 26 heavy (non-hydrogen) atoms. The molecule has 2 aromatic carbocycles. The van der Waals surface area contributed by atoms with Gasteiger partial charge in [-0.05, 0) is 42.5 Å². The van der Waals surface area contributed by atoms with Crippen molar-refractivity contribution in [2.45, 2.75) is 0 Å². The molecule has 0 saturated carbocycles. The maximum absolute atomic E-state index is 12.2. The Hall–Kier alpha value is -2.56. The zero-order valence-electron chi connectivity index (χ0n) is 13.3. The highest BCUT2D eigenvalue weighted by Crippen LogP contribution is 2.24. The van der Waals surface area contributed by atoms with Gasteiger partial charge in [0.15, 0.2) is 5.76 Å². The van der Waals surface area contributed by atoms with Gasteiger partial charge in [0.25, 0.3) is 0 Å². The highest BCUT2D eigenvalue weighted by molar-refractivity contribution is 9.10. The van der Waals surface area contributed by atoms with Crippen molar-refractivity contribution < 1.29 is 13.9 Å². The minimum absolute atomic E-state index is 0.142. The van der Waals surface area contributed by atoms with Crippen LogP contribution in [-0.4, -0.2) is 18.7 Å². The van der Waals surface area contributed by atoms with E-state index in [0.717, 1.165) is 14.3 Å². The largest absolute Gasteiger partial charge is 0.480 e. The summed E-state index contributed by atoms with van der Waals surface area (Å²) in [6, 6.07) is 12.6. The summed E-state index contributed by atoms with van der Waals surface area (Å²) in [5.41, 5.74) is 3.73. The summed E-state index contributed by atoms with van der Waals surface area (Å²) in [6.07, 6.45) is 6.69. The SMILES string of the molecule is C#CCOc1ccc(Br)cc1/C=N\NC(=O)c1cc2cc(Br)ccc2o1. The van der Waals surface area contributed by atoms with Crippen LogP contribution in [0.1, 0.15) is 16.1 Å². The maximum Gasteiger partial charge on any atom is 0.307 e. The second-order valence-corrected chi connectivity index (χ2v) is 7.00. The number of fused-ring (bicyclic) bond motifs is 1. The molecule has 0 spiro atoms. The van der Waals surface area contributed by atoms with E-state index in [-0.39, 0.29) is 12.4 Å². The number of amides is 1. The Morgan fingerprint density at radius 3 is 2.81 bits per heavy atom. The molecule has 1 amide bonds. The van der Waals surface area contributed by atoms with Crippen molar-refractivity contribution >= 4 is 55.0 Å². The predicted molar refractivity (Wildman–Crippen MR) is 107 cm³/mol. The molecule has 1 N–H and O–H groups in total. The lowest BCUT2D eigenvalue weighted by Crippen LogP contribution is -2.16. The van der Waals surface area contributed by atoms with E-state index >= 15 is 0 Å².